The van der Waals surface area contributed by atoms with Crippen LogP contribution in [0, 0.1) is 6.92 Å². The molecule has 158 valence electrons. The van der Waals surface area contributed by atoms with Gasteiger partial charge in [-0.15, -0.1) is 0 Å². The number of anilines is 1. The Balaban J connectivity index is 1.70. The second kappa shape index (κ2) is 8.21. The summed E-state index contributed by atoms with van der Waals surface area (Å²) in [4.78, 5) is 0. The highest BCUT2D eigenvalue weighted by Crippen LogP contribution is 2.45. The van der Waals surface area contributed by atoms with Gasteiger partial charge in [-0.3, -0.25) is 0 Å². The SMILES string of the molecule is CCc1cc(-c2c(C(F)(F)F)oc3c2CCCC3)ccc1NCc1ccccc1C. The standard InChI is InChI=1S/C25H26F3NO/c1-3-17-14-18(12-13-21(17)29-15-19-9-5-4-8-16(19)2)23-20-10-6-7-11-22(20)30-24(23)25(26,27)28/h4-5,8-9,12-14,29H,3,6-7,10-11,15H2,1-2H3. The van der Waals surface area contributed by atoms with E-state index in [1.54, 1.807) is 6.07 Å². The van der Waals surface area contributed by atoms with E-state index < -0.39 is 11.9 Å². The maximum Gasteiger partial charge on any atom is 0.450 e. The molecular weight excluding hydrogens is 387 g/mol. The van der Waals surface area contributed by atoms with Crippen LogP contribution in [0.4, 0.5) is 18.9 Å². The molecule has 5 heteroatoms. The summed E-state index contributed by atoms with van der Waals surface area (Å²) >= 11 is 0. The summed E-state index contributed by atoms with van der Waals surface area (Å²) in [5.41, 5.74) is 5.92. The van der Waals surface area contributed by atoms with Crippen LogP contribution in [-0.2, 0) is 32.0 Å². The topological polar surface area (TPSA) is 25.2 Å². The minimum absolute atomic E-state index is 0.234. The molecule has 3 aromatic rings. The largest absolute Gasteiger partial charge is 0.456 e. The lowest BCUT2D eigenvalue weighted by molar-refractivity contribution is -0.152. The Hall–Kier alpha value is -2.69. The number of hydrogen-bond donors (Lipinski definition) is 1. The smallest absolute Gasteiger partial charge is 0.450 e. The van der Waals surface area contributed by atoms with Crippen LogP contribution < -0.4 is 5.32 Å². The normalized spacial score (nSPS) is 13.9. The van der Waals surface area contributed by atoms with Gasteiger partial charge in [0.1, 0.15) is 5.76 Å². The second-order valence-electron chi connectivity index (χ2n) is 7.92. The third-order valence-electron chi connectivity index (χ3n) is 5.93. The number of aryl methyl sites for hydroxylation is 3. The van der Waals surface area contributed by atoms with Crippen molar-refractivity contribution < 1.29 is 17.6 Å². The van der Waals surface area contributed by atoms with Gasteiger partial charge in [-0.25, -0.2) is 0 Å². The predicted molar refractivity (Wildman–Crippen MR) is 114 cm³/mol. The fourth-order valence-electron chi connectivity index (χ4n) is 4.28. The molecule has 1 N–H and O–H groups in total. The summed E-state index contributed by atoms with van der Waals surface area (Å²) in [7, 11) is 0. The summed E-state index contributed by atoms with van der Waals surface area (Å²) < 4.78 is 46.5. The van der Waals surface area contributed by atoms with Crippen LogP contribution in [0.5, 0.6) is 0 Å². The molecule has 0 unspecified atom stereocenters. The Kier molecular flexibility index (Phi) is 5.63. The molecule has 0 radical (unpaired) electrons. The van der Waals surface area contributed by atoms with E-state index >= 15 is 0 Å². The summed E-state index contributed by atoms with van der Waals surface area (Å²) in [5, 5.41) is 3.46. The van der Waals surface area contributed by atoms with Crippen molar-refractivity contribution in [2.24, 2.45) is 0 Å². The number of benzene rings is 2. The van der Waals surface area contributed by atoms with E-state index in [0.29, 0.717) is 30.7 Å². The minimum atomic E-state index is -4.50. The van der Waals surface area contributed by atoms with Gasteiger partial charge in [0.15, 0.2) is 0 Å². The third-order valence-corrected chi connectivity index (χ3v) is 5.93. The molecule has 1 aliphatic carbocycles. The van der Waals surface area contributed by atoms with E-state index in [1.807, 2.05) is 31.2 Å². The lowest BCUT2D eigenvalue weighted by Gasteiger charge is -2.16. The highest BCUT2D eigenvalue weighted by atomic mass is 19.4. The summed E-state index contributed by atoms with van der Waals surface area (Å²) in [6, 6.07) is 13.7. The predicted octanol–water partition coefficient (Wildman–Crippen LogP) is 7.33. The highest BCUT2D eigenvalue weighted by molar-refractivity contribution is 5.74. The highest BCUT2D eigenvalue weighted by Gasteiger charge is 2.41. The van der Waals surface area contributed by atoms with Crippen LogP contribution >= 0.6 is 0 Å². The Bertz CT molecular complexity index is 1050. The average molecular weight is 413 g/mol. The first-order valence-corrected chi connectivity index (χ1v) is 10.5. The van der Waals surface area contributed by atoms with E-state index in [4.69, 9.17) is 4.42 Å². The minimum Gasteiger partial charge on any atom is -0.456 e. The van der Waals surface area contributed by atoms with Crippen molar-refractivity contribution in [1.82, 2.24) is 0 Å². The van der Waals surface area contributed by atoms with Crippen LogP contribution in [0.15, 0.2) is 46.9 Å². The van der Waals surface area contributed by atoms with Gasteiger partial charge in [0, 0.05) is 29.8 Å². The molecule has 0 saturated carbocycles. The van der Waals surface area contributed by atoms with E-state index in [-0.39, 0.29) is 5.56 Å². The van der Waals surface area contributed by atoms with Gasteiger partial charge in [0.05, 0.1) is 0 Å². The summed E-state index contributed by atoms with van der Waals surface area (Å²) in [5.74, 6) is -0.347. The van der Waals surface area contributed by atoms with Gasteiger partial charge in [-0.1, -0.05) is 37.3 Å². The van der Waals surface area contributed by atoms with Crippen molar-refractivity contribution in [3.8, 4) is 11.1 Å². The van der Waals surface area contributed by atoms with Crippen LogP contribution in [0.3, 0.4) is 0 Å². The van der Waals surface area contributed by atoms with Crippen molar-refractivity contribution in [1.29, 1.82) is 0 Å². The molecule has 0 saturated heterocycles. The van der Waals surface area contributed by atoms with E-state index in [1.165, 1.54) is 11.1 Å². The van der Waals surface area contributed by atoms with Gasteiger partial charge in [-0.05, 0) is 67.0 Å². The lowest BCUT2D eigenvalue weighted by Crippen LogP contribution is -2.07. The quantitative estimate of drug-likeness (QED) is 0.474. The van der Waals surface area contributed by atoms with Crippen molar-refractivity contribution in [3.63, 3.8) is 0 Å². The first-order valence-electron chi connectivity index (χ1n) is 10.5. The molecule has 2 nitrogen and oxygen atoms in total. The molecule has 1 aromatic heterocycles. The summed E-state index contributed by atoms with van der Waals surface area (Å²) in [6.07, 6.45) is -0.785. The van der Waals surface area contributed by atoms with Gasteiger partial charge >= 0.3 is 6.18 Å². The zero-order valence-electron chi connectivity index (χ0n) is 17.3. The molecule has 0 aliphatic heterocycles. The Labute approximate surface area is 175 Å². The van der Waals surface area contributed by atoms with Crippen LogP contribution in [-0.4, -0.2) is 0 Å². The molecule has 0 amide bonds. The van der Waals surface area contributed by atoms with Gasteiger partial charge in [-0.2, -0.15) is 13.2 Å². The van der Waals surface area contributed by atoms with Crippen LogP contribution in [0.1, 0.15) is 53.5 Å². The van der Waals surface area contributed by atoms with Crippen molar-refractivity contribution >= 4 is 5.69 Å². The van der Waals surface area contributed by atoms with Crippen molar-refractivity contribution in [2.45, 2.75) is 58.7 Å². The van der Waals surface area contributed by atoms with Crippen LogP contribution in [0.2, 0.25) is 0 Å². The first kappa shape index (κ1) is 20.6. The number of fused-ring (bicyclic) bond motifs is 1. The molecule has 0 spiro atoms. The number of rotatable bonds is 5. The Morgan fingerprint density at radius 2 is 1.77 bits per heavy atom. The summed E-state index contributed by atoms with van der Waals surface area (Å²) in [6.45, 7) is 4.77. The molecule has 0 atom stereocenters. The van der Waals surface area contributed by atoms with Gasteiger partial charge in [0.25, 0.3) is 0 Å². The number of halogens is 3. The second-order valence-corrected chi connectivity index (χ2v) is 7.92. The first-order chi connectivity index (χ1) is 14.4. The molecule has 0 bridgehead atoms. The molecular formula is C25H26F3NO. The van der Waals surface area contributed by atoms with Crippen molar-refractivity contribution in [2.75, 3.05) is 5.32 Å². The fraction of sp³-hybridized carbons (Fsp3) is 0.360. The number of alkyl halides is 3. The maximum absolute atomic E-state index is 13.7. The number of nitrogens with one attached hydrogen (secondary N) is 1. The lowest BCUT2D eigenvalue weighted by atomic mass is 9.90. The van der Waals surface area contributed by atoms with Crippen molar-refractivity contribution in [3.05, 3.63) is 76.2 Å². The molecule has 1 heterocycles. The van der Waals surface area contributed by atoms with Crippen LogP contribution in [0.25, 0.3) is 11.1 Å². The third kappa shape index (κ3) is 3.98. The van der Waals surface area contributed by atoms with Gasteiger partial charge in [0.2, 0.25) is 5.76 Å². The molecule has 0 fully saturated rings. The fourth-order valence-corrected chi connectivity index (χ4v) is 4.28. The van der Waals surface area contributed by atoms with E-state index in [2.05, 4.69) is 24.4 Å². The zero-order valence-corrected chi connectivity index (χ0v) is 17.3. The monoisotopic (exact) mass is 413 g/mol. The Morgan fingerprint density at radius 1 is 1.00 bits per heavy atom. The Morgan fingerprint density at radius 3 is 2.50 bits per heavy atom. The number of furan rings is 1. The van der Waals surface area contributed by atoms with E-state index in [0.717, 1.165) is 36.1 Å². The van der Waals surface area contributed by atoms with E-state index in [9.17, 15) is 13.2 Å². The van der Waals surface area contributed by atoms with Gasteiger partial charge < -0.3 is 9.73 Å². The number of hydrogen-bond acceptors (Lipinski definition) is 2. The molecule has 2 aromatic carbocycles. The zero-order chi connectivity index (χ0) is 21.3. The maximum atomic E-state index is 13.7. The molecule has 1 aliphatic rings. The average Bonchev–Trinajstić information content (AvgIpc) is 3.13. The molecule has 30 heavy (non-hydrogen) atoms. The molecule has 4 rings (SSSR count).